The van der Waals surface area contributed by atoms with E-state index in [1.165, 1.54) is 0 Å². The van der Waals surface area contributed by atoms with E-state index >= 15 is 0 Å². The summed E-state index contributed by atoms with van der Waals surface area (Å²) < 4.78 is 5.51. The number of ether oxygens (including phenoxy) is 1. The van der Waals surface area contributed by atoms with Crippen molar-refractivity contribution in [3.63, 3.8) is 0 Å². The van der Waals surface area contributed by atoms with Crippen LogP contribution in [-0.2, 0) is 9.53 Å². The maximum Gasteiger partial charge on any atom is 0.231 e. The average molecular weight is 229 g/mol. The molecular weight excluding hydrogens is 206 g/mol. The molecule has 0 unspecified atom stereocenters. The molecule has 0 atom stereocenters. The minimum absolute atomic E-state index is 0.239. The van der Waals surface area contributed by atoms with E-state index in [0.717, 1.165) is 39.3 Å². The van der Waals surface area contributed by atoms with Crippen LogP contribution in [0.5, 0.6) is 0 Å². The monoisotopic (exact) mass is 229 g/mol. The smallest absolute Gasteiger partial charge is 0.231 e. The first-order chi connectivity index (χ1) is 7.58. The summed E-state index contributed by atoms with van der Waals surface area (Å²) in [4.78, 5) is 15.2. The zero-order valence-corrected chi connectivity index (χ0v) is 10.3. The molecule has 1 saturated heterocycles. The second-order valence-corrected chi connectivity index (χ2v) is 4.50. The molecule has 1 amide bonds. The molecule has 0 saturated carbocycles. The van der Waals surface area contributed by atoms with E-state index in [1.54, 1.807) is 0 Å². The first-order valence-corrected chi connectivity index (χ1v) is 5.92. The molecule has 1 heterocycles. The highest BCUT2D eigenvalue weighted by atomic mass is 16.5. The second-order valence-electron chi connectivity index (χ2n) is 4.50. The third-order valence-electron chi connectivity index (χ3n) is 2.70. The Kier molecular flexibility index (Phi) is 5.73. The van der Waals surface area contributed by atoms with Gasteiger partial charge in [-0.3, -0.25) is 14.6 Å². The molecule has 0 aromatic rings. The van der Waals surface area contributed by atoms with Gasteiger partial charge < -0.3 is 10.5 Å². The Morgan fingerprint density at radius 3 is 2.31 bits per heavy atom. The molecule has 1 aliphatic rings. The summed E-state index contributed by atoms with van der Waals surface area (Å²) >= 11 is 0. The Balaban J connectivity index is 2.10. The van der Waals surface area contributed by atoms with Gasteiger partial charge in [0.2, 0.25) is 5.91 Å². The highest BCUT2D eigenvalue weighted by Crippen LogP contribution is 2.01. The normalized spacial score (nSPS) is 19.2. The molecule has 5 nitrogen and oxygen atoms in total. The summed E-state index contributed by atoms with van der Waals surface area (Å²) in [6.07, 6.45) is 0.302. The van der Waals surface area contributed by atoms with Gasteiger partial charge in [-0.2, -0.15) is 0 Å². The molecule has 94 valence electrons. The molecule has 1 rings (SSSR count). The summed E-state index contributed by atoms with van der Waals surface area (Å²) in [6, 6.07) is 0. The standard InChI is InChI=1S/C11H23N3O2/c1-10(2)16-8-7-13-3-5-14(6-4-13)9-11(12)15/h10H,3-9H2,1-2H3,(H2,12,15). The zero-order valence-electron chi connectivity index (χ0n) is 10.3. The average Bonchev–Trinajstić information content (AvgIpc) is 2.19. The van der Waals surface area contributed by atoms with Crippen LogP contribution in [0.4, 0.5) is 0 Å². The first kappa shape index (κ1) is 13.4. The molecule has 0 aliphatic carbocycles. The van der Waals surface area contributed by atoms with Gasteiger partial charge in [0.15, 0.2) is 0 Å². The van der Waals surface area contributed by atoms with Crippen LogP contribution in [0, 0.1) is 0 Å². The van der Waals surface area contributed by atoms with Gasteiger partial charge in [0, 0.05) is 32.7 Å². The molecule has 0 aromatic heterocycles. The van der Waals surface area contributed by atoms with Crippen LogP contribution in [-0.4, -0.2) is 67.7 Å². The van der Waals surface area contributed by atoms with Crippen molar-refractivity contribution < 1.29 is 9.53 Å². The highest BCUT2D eigenvalue weighted by Gasteiger charge is 2.17. The van der Waals surface area contributed by atoms with Crippen molar-refractivity contribution in [1.82, 2.24) is 9.80 Å². The third kappa shape index (κ3) is 5.44. The fraction of sp³-hybridized carbons (Fsp3) is 0.909. The minimum atomic E-state index is -0.239. The van der Waals surface area contributed by atoms with Crippen LogP contribution in [0.1, 0.15) is 13.8 Å². The van der Waals surface area contributed by atoms with Crippen LogP contribution in [0.2, 0.25) is 0 Å². The Bertz CT molecular complexity index is 213. The zero-order chi connectivity index (χ0) is 12.0. The second kappa shape index (κ2) is 6.83. The Morgan fingerprint density at radius 1 is 1.25 bits per heavy atom. The summed E-state index contributed by atoms with van der Waals surface area (Å²) in [5.74, 6) is -0.239. The number of carbonyl (C=O) groups excluding carboxylic acids is 1. The van der Waals surface area contributed by atoms with Gasteiger partial charge >= 0.3 is 0 Å². The molecule has 16 heavy (non-hydrogen) atoms. The highest BCUT2D eigenvalue weighted by molar-refractivity contribution is 5.75. The van der Waals surface area contributed by atoms with E-state index < -0.39 is 0 Å². The number of nitrogens with two attached hydrogens (primary N) is 1. The van der Waals surface area contributed by atoms with Gasteiger partial charge in [-0.25, -0.2) is 0 Å². The largest absolute Gasteiger partial charge is 0.377 e. The van der Waals surface area contributed by atoms with Crippen molar-refractivity contribution in [2.45, 2.75) is 20.0 Å². The number of carbonyl (C=O) groups is 1. The quantitative estimate of drug-likeness (QED) is 0.668. The van der Waals surface area contributed by atoms with Crippen LogP contribution < -0.4 is 5.73 Å². The summed E-state index contributed by atoms with van der Waals surface area (Å²) in [5.41, 5.74) is 5.16. The van der Waals surface area contributed by atoms with Crippen molar-refractivity contribution in [3.8, 4) is 0 Å². The molecular formula is C11H23N3O2. The molecule has 1 fully saturated rings. The van der Waals surface area contributed by atoms with E-state index in [1.807, 2.05) is 13.8 Å². The Hall–Kier alpha value is -0.650. The van der Waals surface area contributed by atoms with Crippen LogP contribution in [0.3, 0.4) is 0 Å². The lowest BCUT2D eigenvalue weighted by molar-refractivity contribution is -0.119. The number of piperazine rings is 1. The van der Waals surface area contributed by atoms with Crippen molar-refractivity contribution in [3.05, 3.63) is 0 Å². The lowest BCUT2D eigenvalue weighted by Crippen LogP contribution is -2.49. The van der Waals surface area contributed by atoms with E-state index in [9.17, 15) is 4.79 Å². The molecule has 0 spiro atoms. The summed E-state index contributed by atoms with van der Waals surface area (Å²) in [6.45, 7) is 10.1. The van der Waals surface area contributed by atoms with Gasteiger partial charge in [0.25, 0.3) is 0 Å². The van der Waals surface area contributed by atoms with Gasteiger partial charge in [-0.15, -0.1) is 0 Å². The van der Waals surface area contributed by atoms with Crippen molar-refractivity contribution in [2.24, 2.45) is 5.73 Å². The van der Waals surface area contributed by atoms with Gasteiger partial charge in [-0.1, -0.05) is 0 Å². The fourth-order valence-electron chi connectivity index (χ4n) is 1.81. The third-order valence-corrected chi connectivity index (χ3v) is 2.70. The fourth-order valence-corrected chi connectivity index (χ4v) is 1.81. The molecule has 2 N–H and O–H groups in total. The van der Waals surface area contributed by atoms with Gasteiger partial charge in [0.05, 0.1) is 19.3 Å². The summed E-state index contributed by atoms with van der Waals surface area (Å²) in [7, 11) is 0. The predicted molar refractivity (Wildman–Crippen MR) is 63.2 cm³/mol. The van der Waals surface area contributed by atoms with Crippen LogP contribution >= 0.6 is 0 Å². The Labute approximate surface area is 97.5 Å². The van der Waals surface area contributed by atoms with E-state index in [-0.39, 0.29) is 5.91 Å². The van der Waals surface area contributed by atoms with Crippen molar-refractivity contribution in [1.29, 1.82) is 0 Å². The lowest BCUT2D eigenvalue weighted by Gasteiger charge is -2.33. The van der Waals surface area contributed by atoms with Crippen LogP contribution in [0.25, 0.3) is 0 Å². The van der Waals surface area contributed by atoms with E-state index in [0.29, 0.717) is 12.6 Å². The van der Waals surface area contributed by atoms with Gasteiger partial charge in [0.1, 0.15) is 0 Å². The number of amides is 1. The van der Waals surface area contributed by atoms with E-state index in [2.05, 4.69) is 9.80 Å². The molecule has 0 aromatic carbocycles. The number of nitrogens with zero attached hydrogens (tertiary/aromatic N) is 2. The SMILES string of the molecule is CC(C)OCCN1CCN(CC(N)=O)CC1. The predicted octanol–water partition coefficient (Wildman–Crippen LogP) is -0.486. The molecule has 1 aliphatic heterocycles. The lowest BCUT2D eigenvalue weighted by atomic mass is 10.3. The van der Waals surface area contributed by atoms with Crippen LogP contribution in [0.15, 0.2) is 0 Å². The number of hydrogen-bond acceptors (Lipinski definition) is 4. The topological polar surface area (TPSA) is 58.8 Å². The van der Waals surface area contributed by atoms with Crippen molar-refractivity contribution >= 4 is 5.91 Å². The molecule has 0 bridgehead atoms. The summed E-state index contributed by atoms with van der Waals surface area (Å²) in [5, 5.41) is 0. The van der Waals surface area contributed by atoms with Gasteiger partial charge in [-0.05, 0) is 13.8 Å². The number of rotatable bonds is 6. The molecule has 0 radical (unpaired) electrons. The number of primary amides is 1. The number of hydrogen-bond donors (Lipinski definition) is 1. The Morgan fingerprint density at radius 2 is 1.81 bits per heavy atom. The maximum atomic E-state index is 10.7. The van der Waals surface area contributed by atoms with Crippen molar-refractivity contribution in [2.75, 3.05) is 45.9 Å². The minimum Gasteiger partial charge on any atom is -0.377 e. The van der Waals surface area contributed by atoms with E-state index in [4.69, 9.17) is 10.5 Å². The maximum absolute atomic E-state index is 10.7. The molecule has 5 heteroatoms. The first-order valence-electron chi connectivity index (χ1n) is 5.92.